The van der Waals surface area contributed by atoms with Gasteiger partial charge in [-0.1, -0.05) is 26.5 Å². The number of piperidine rings is 1. The molecular formula is C51H68N8O7S. The number of piperazine rings is 1. The van der Waals surface area contributed by atoms with Crippen molar-refractivity contribution in [2.75, 3.05) is 92.6 Å². The first-order valence-corrected chi connectivity index (χ1v) is 24.4. The summed E-state index contributed by atoms with van der Waals surface area (Å²) in [4.78, 5) is 72.6. The van der Waals surface area contributed by atoms with Crippen LogP contribution in [0.4, 0.5) is 5.69 Å². The number of likely N-dealkylation sites (tertiary alicyclic amines) is 1. The van der Waals surface area contributed by atoms with E-state index < -0.39 is 11.9 Å². The van der Waals surface area contributed by atoms with Gasteiger partial charge in [-0.3, -0.25) is 39.1 Å². The summed E-state index contributed by atoms with van der Waals surface area (Å²) in [5.74, 6) is 0.518. The van der Waals surface area contributed by atoms with Crippen molar-refractivity contribution < 1.29 is 28.7 Å². The Kier molecular flexibility index (Phi) is 15.7. The number of aromatic nitrogens is 1. The van der Waals surface area contributed by atoms with E-state index in [0.717, 1.165) is 77.7 Å². The lowest BCUT2D eigenvalue weighted by Gasteiger charge is -2.45. The number of aryl methyl sites for hydroxylation is 1. The number of benzene rings is 2. The van der Waals surface area contributed by atoms with E-state index in [1.807, 2.05) is 57.1 Å². The van der Waals surface area contributed by atoms with E-state index in [9.17, 15) is 24.0 Å². The van der Waals surface area contributed by atoms with Gasteiger partial charge in [0.05, 0.1) is 35.6 Å². The zero-order valence-corrected chi connectivity index (χ0v) is 41.4. The van der Waals surface area contributed by atoms with Gasteiger partial charge >= 0.3 is 0 Å². The highest BCUT2D eigenvalue weighted by atomic mass is 32.1. The van der Waals surface area contributed by atoms with Crippen molar-refractivity contribution in [2.24, 2.45) is 12.5 Å². The van der Waals surface area contributed by atoms with Gasteiger partial charge in [0.1, 0.15) is 17.5 Å². The number of nitrogens with one attached hydrogen (secondary N) is 2. The van der Waals surface area contributed by atoms with Crippen LogP contribution in [0.15, 0.2) is 54.0 Å². The molecule has 2 aromatic carbocycles. The van der Waals surface area contributed by atoms with Crippen LogP contribution < -0.4 is 30.6 Å². The number of fused-ring (bicyclic) bond motifs is 2. The lowest BCUT2D eigenvalue weighted by atomic mass is 9.65. The largest absolute Gasteiger partial charge is 0.496 e. The summed E-state index contributed by atoms with van der Waals surface area (Å²) in [6.07, 6.45) is 8.40. The lowest BCUT2D eigenvalue weighted by molar-refractivity contribution is -0.136. The minimum Gasteiger partial charge on any atom is -0.496 e. The van der Waals surface area contributed by atoms with Gasteiger partial charge < -0.3 is 34.1 Å². The van der Waals surface area contributed by atoms with Gasteiger partial charge in [0.2, 0.25) is 11.8 Å². The highest BCUT2D eigenvalue weighted by Crippen LogP contribution is 2.48. The third-order valence-corrected chi connectivity index (χ3v) is 15.0. The minimum absolute atomic E-state index is 0.124. The Morgan fingerprint density at radius 2 is 1.61 bits per heavy atom. The Balaban J connectivity index is 0.000000203. The van der Waals surface area contributed by atoms with E-state index in [0.29, 0.717) is 51.4 Å². The second kappa shape index (κ2) is 21.3. The molecule has 360 valence electrons. The van der Waals surface area contributed by atoms with Gasteiger partial charge in [-0.2, -0.15) is 0 Å². The summed E-state index contributed by atoms with van der Waals surface area (Å²) < 4.78 is 13.5. The Hall–Kier alpha value is -5.39. The fourth-order valence-corrected chi connectivity index (χ4v) is 11.4. The number of rotatable bonds is 13. The van der Waals surface area contributed by atoms with Crippen LogP contribution in [0.1, 0.15) is 83.5 Å². The number of nitrogens with zero attached hydrogens (tertiary/aromatic N) is 6. The zero-order chi connectivity index (χ0) is 48.2. The molecule has 9 rings (SSSR count). The summed E-state index contributed by atoms with van der Waals surface area (Å²) in [5.41, 5.74) is 6.10. The van der Waals surface area contributed by atoms with Gasteiger partial charge in [-0.05, 0) is 114 Å². The highest BCUT2D eigenvalue weighted by molar-refractivity contribution is 7.21. The van der Waals surface area contributed by atoms with Crippen molar-refractivity contribution >= 4 is 56.8 Å². The van der Waals surface area contributed by atoms with Crippen LogP contribution in [-0.2, 0) is 23.2 Å². The SMILES string of the molecule is C=C1c2ccc(N3CCN(CCCN4CCC5(CC(NC)C5)C4)CC3)cc2C(=O)N1C1CCC(=O)NC1=O.CC.COc1cc(-c2cn(C)c(=O)c3cc(C=O)sc23)cc(OC)c1CN(C)C. The fourth-order valence-electron chi connectivity index (χ4n) is 10.4. The number of carbonyl (C=O) groups excluding carboxylic acids is 4. The molecule has 4 aromatic rings. The van der Waals surface area contributed by atoms with Crippen molar-refractivity contribution in [2.45, 2.75) is 71.0 Å². The summed E-state index contributed by atoms with van der Waals surface area (Å²) in [6.45, 7) is 17.6. The Labute approximate surface area is 398 Å². The molecule has 1 atom stereocenters. The number of hydrogen-bond acceptors (Lipinski definition) is 13. The van der Waals surface area contributed by atoms with Gasteiger partial charge in [0.15, 0.2) is 6.29 Å². The summed E-state index contributed by atoms with van der Waals surface area (Å²) in [5, 5.41) is 6.32. The van der Waals surface area contributed by atoms with E-state index in [1.54, 1.807) is 33.5 Å². The molecule has 15 nitrogen and oxygen atoms in total. The first kappa shape index (κ1) is 49.5. The molecule has 6 heterocycles. The first-order valence-electron chi connectivity index (χ1n) is 23.6. The van der Waals surface area contributed by atoms with Crippen molar-refractivity contribution in [3.8, 4) is 22.6 Å². The molecule has 0 bridgehead atoms. The average molecular weight is 937 g/mol. The summed E-state index contributed by atoms with van der Waals surface area (Å²) in [7, 11) is 11.0. The predicted molar refractivity (Wildman–Crippen MR) is 266 cm³/mol. The first-order chi connectivity index (χ1) is 32.2. The lowest BCUT2D eigenvalue weighted by Crippen LogP contribution is -2.52. The maximum Gasteiger partial charge on any atom is 0.259 e. The molecule has 1 aliphatic carbocycles. The van der Waals surface area contributed by atoms with Crippen LogP contribution in [0.3, 0.4) is 0 Å². The third-order valence-electron chi connectivity index (χ3n) is 13.9. The van der Waals surface area contributed by atoms with Crippen molar-refractivity contribution in [1.29, 1.82) is 0 Å². The molecule has 0 radical (unpaired) electrons. The van der Waals surface area contributed by atoms with E-state index in [4.69, 9.17) is 9.47 Å². The van der Waals surface area contributed by atoms with Gasteiger partial charge in [0.25, 0.3) is 11.5 Å². The smallest absolute Gasteiger partial charge is 0.259 e. The molecule has 3 saturated heterocycles. The Morgan fingerprint density at radius 1 is 0.925 bits per heavy atom. The van der Waals surface area contributed by atoms with E-state index >= 15 is 0 Å². The van der Waals surface area contributed by atoms with Crippen LogP contribution in [0, 0.1) is 5.41 Å². The van der Waals surface area contributed by atoms with Crippen LogP contribution in [0.25, 0.3) is 26.9 Å². The standard InChI is InChI=1S/C29H40N6O3.C20H22N2O4S.C2H6/c1-20-23-5-4-22(16-24(23)28(38)35(20)25-6-7-26(36)31-27(25)37)34-14-12-32(13-15-34)9-3-10-33-11-8-29(19-33)17-21(18-29)30-2;1-21(2)9-16-17(25-4)6-12(7-18(16)26-5)15-10-22(3)20(24)14-8-13(11-23)27-19(14)15;1-2/h4-5,16,21,25,30H,1,3,6-15,17-19H2,2H3,(H,31,36,37);6-8,10-11H,9H2,1-5H3;1-2H3. The maximum absolute atomic E-state index is 13.3. The minimum atomic E-state index is -0.683. The van der Waals surface area contributed by atoms with Gasteiger partial charge in [-0.25, -0.2) is 0 Å². The average Bonchev–Trinajstić information content (AvgIpc) is 4.03. The number of hydrogen-bond donors (Lipinski definition) is 2. The number of anilines is 1. The number of ether oxygens (including phenoxy) is 2. The number of aldehydes is 1. The van der Waals surface area contributed by atoms with Crippen LogP contribution in [-0.4, -0.2) is 148 Å². The summed E-state index contributed by atoms with van der Waals surface area (Å²) in [6, 6.07) is 11.5. The van der Waals surface area contributed by atoms with Crippen molar-refractivity contribution in [3.63, 3.8) is 0 Å². The van der Waals surface area contributed by atoms with E-state index in [1.165, 1.54) is 66.1 Å². The maximum atomic E-state index is 13.3. The predicted octanol–water partition coefficient (Wildman–Crippen LogP) is 5.69. The molecule has 5 aliphatic rings. The fraction of sp³-hybridized carbons (Fsp3) is 0.510. The number of methoxy groups -OCH3 is 2. The topological polar surface area (TPSA) is 149 Å². The Morgan fingerprint density at radius 3 is 2.24 bits per heavy atom. The van der Waals surface area contributed by atoms with Crippen LogP contribution in [0.2, 0.25) is 0 Å². The quantitative estimate of drug-likeness (QED) is 0.125. The normalized spacial score (nSPS) is 21.7. The van der Waals surface area contributed by atoms with Gasteiger partial charge in [0, 0.05) is 92.2 Å². The molecule has 1 spiro atoms. The number of pyridine rings is 1. The molecule has 1 saturated carbocycles. The Bertz CT molecular complexity index is 2530. The molecule has 1 unspecified atom stereocenters. The molecule has 2 N–H and O–H groups in total. The van der Waals surface area contributed by atoms with Crippen molar-refractivity contribution in [3.05, 3.63) is 81.1 Å². The van der Waals surface area contributed by atoms with Crippen LogP contribution in [0.5, 0.6) is 11.5 Å². The van der Waals surface area contributed by atoms with E-state index in [-0.39, 0.29) is 23.8 Å². The van der Waals surface area contributed by atoms with Crippen LogP contribution >= 0.6 is 11.3 Å². The highest BCUT2D eigenvalue weighted by Gasteiger charge is 2.47. The second-order valence-corrected chi connectivity index (χ2v) is 19.6. The molecule has 4 fully saturated rings. The number of thiophene rings is 1. The molecular weight excluding hydrogens is 869 g/mol. The van der Waals surface area contributed by atoms with E-state index in [2.05, 4.69) is 45.0 Å². The number of imide groups is 1. The second-order valence-electron chi connectivity index (χ2n) is 18.5. The third kappa shape index (κ3) is 10.4. The molecule has 67 heavy (non-hydrogen) atoms. The molecule has 4 aliphatic heterocycles. The monoisotopic (exact) mass is 936 g/mol. The van der Waals surface area contributed by atoms with Gasteiger partial charge in [-0.15, -0.1) is 11.3 Å². The van der Waals surface area contributed by atoms with Crippen molar-refractivity contribution in [1.82, 2.24) is 34.8 Å². The zero-order valence-electron chi connectivity index (χ0n) is 40.5. The molecule has 2 aromatic heterocycles. The number of carbonyl (C=O) groups is 4. The summed E-state index contributed by atoms with van der Waals surface area (Å²) >= 11 is 1.31. The number of amides is 3. The molecule has 3 amide bonds. The molecule has 16 heteroatoms.